The van der Waals surface area contributed by atoms with Crippen LogP contribution in [0.5, 0.6) is 0 Å². The van der Waals surface area contributed by atoms with Gasteiger partial charge in [-0.15, -0.1) is 22.7 Å². The average Bonchev–Trinajstić information content (AvgIpc) is 3.43. The number of benzene rings is 2. The lowest BCUT2D eigenvalue weighted by molar-refractivity contribution is -0.211. The van der Waals surface area contributed by atoms with Crippen LogP contribution in [0.25, 0.3) is 42.7 Å². The van der Waals surface area contributed by atoms with Crippen LogP contribution in [0.3, 0.4) is 0 Å². The number of thiophene rings is 1. The summed E-state index contributed by atoms with van der Waals surface area (Å²) in [6.07, 6.45) is -2.62. The van der Waals surface area contributed by atoms with Gasteiger partial charge in [-0.25, -0.2) is 4.98 Å². The Balaban J connectivity index is 1.59. The maximum Gasteiger partial charge on any atom is 0.394 e. The van der Waals surface area contributed by atoms with Crippen LogP contribution >= 0.6 is 22.7 Å². The van der Waals surface area contributed by atoms with Gasteiger partial charge in [0.05, 0.1) is 21.5 Å². The van der Waals surface area contributed by atoms with E-state index in [-0.39, 0.29) is 11.8 Å². The maximum absolute atomic E-state index is 13.4. The Kier molecular flexibility index (Phi) is 5.99. The molecule has 7 heteroatoms. The smallest absolute Gasteiger partial charge is 0.255 e. The van der Waals surface area contributed by atoms with Crippen LogP contribution in [0.4, 0.5) is 13.2 Å². The van der Waals surface area contributed by atoms with Crippen molar-refractivity contribution in [3.63, 3.8) is 0 Å². The molecule has 0 radical (unpaired) electrons. The number of thiazole rings is 1. The summed E-state index contributed by atoms with van der Waals surface area (Å²) in [5.41, 5.74) is 2.78. The summed E-state index contributed by atoms with van der Waals surface area (Å²) in [5.74, 6) is 0. The van der Waals surface area contributed by atoms with Crippen molar-refractivity contribution < 1.29 is 13.2 Å². The number of halogens is 3. The zero-order chi connectivity index (χ0) is 25.9. The van der Waals surface area contributed by atoms with Crippen molar-refractivity contribution in [2.45, 2.75) is 52.6 Å². The molecule has 5 aromatic rings. The normalized spacial score (nSPS) is 13.1. The molecule has 0 unspecified atom stereocenters. The van der Waals surface area contributed by atoms with Crippen molar-refractivity contribution in [2.75, 3.05) is 0 Å². The molecule has 0 spiro atoms. The van der Waals surface area contributed by atoms with Gasteiger partial charge < -0.3 is 0 Å². The van der Waals surface area contributed by atoms with E-state index in [9.17, 15) is 13.2 Å². The molecule has 0 atom stereocenters. The number of fused-ring (bicyclic) bond motifs is 2. The van der Waals surface area contributed by atoms with Crippen LogP contribution in [0.15, 0.2) is 59.4 Å². The summed E-state index contributed by atoms with van der Waals surface area (Å²) in [6.45, 7) is 9.10. The van der Waals surface area contributed by atoms with E-state index in [0.717, 1.165) is 31.9 Å². The third kappa shape index (κ3) is 4.43. The fraction of sp³-hybridized carbons (Fsp3) is 0.310. The molecule has 3 aromatic heterocycles. The Morgan fingerprint density at radius 1 is 0.861 bits per heavy atom. The molecule has 3 heterocycles. The van der Waals surface area contributed by atoms with E-state index in [1.807, 2.05) is 11.4 Å². The van der Waals surface area contributed by atoms with E-state index < -0.39 is 11.6 Å². The van der Waals surface area contributed by atoms with Crippen LogP contribution < -0.4 is 0 Å². The first kappa shape index (κ1) is 24.9. The number of hydrogen-bond acceptors (Lipinski definition) is 4. The monoisotopic (exact) mass is 524 g/mol. The first-order valence-electron chi connectivity index (χ1n) is 11.8. The Bertz CT molecular complexity index is 1570. The first-order valence-corrected chi connectivity index (χ1v) is 13.5. The minimum absolute atomic E-state index is 0.0361. The molecule has 36 heavy (non-hydrogen) atoms. The molecule has 0 N–H and O–H groups in total. The maximum atomic E-state index is 13.4. The zero-order valence-electron chi connectivity index (χ0n) is 20.8. The van der Waals surface area contributed by atoms with Gasteiger partial charge in [0.25, 0.3) is 0 Å². The summed E-state index contributed by atoms with van der Waals surface area (Å²) >= 11 is 2.99. The number of pyridine rings is 1. The summed E-state index contributed by atoms with van der Waals surface area (Å²) in [6, 6.07) is 14.8. The van der Waals surface area contributed by atoms with Crippen molar-refractivity contribution in [3.05, 3.63) is 70.7 Å². The molecule has 0 bridgehead atoms. The van der Waals surface area contributed by atoms with Gasteiger partial charge in [-0.3, -0.25) is 4.98 Å². The molecule has 5 rings (SSSR count). The number of rotatable bonds is 4. The molecule has 2 aromatic carbocycles. The van der Waals surface area contributed by atoms with Gasteiger partial charge in [0.2, 0.25) is 0 Å². The Hall–Kier alpha value is -2.77. The van der Waals surface area contributed by atoms with Crippen molar-refractivity contribution in [1.82, 2.24) is 9.97 Å². The molecule has 0 aliphatic heterocycles. The zero-order valence-corrected chi connectivity index (χ0v) is 22.5. The largest absolute Gasteiger partial charge is 0.394 e. The summed E-state index contributed by atoms with van der Waals surface area (Å²) < 4.78 is 41.2. The number of nitrogens with zero attached hydrogens (tertiary/aromatic N) is 2. The lowest BCUT2D eigenvalue weighted by Crippen LogP contribution is -2.34. The second-order valence-corrected chi connectivity index (χ2v) is 12.6. The fourth-order valence-electron chi connectivity index (χ4n) is 4.46. The van der Waals surface area contributed by atoms with Crippen molar-refractivity contribution >= 4 is 43.5 Å². The second kappa shape index (κ2) is 8.67. The van der Waals surface area contributed by atoms with Gasteiger partial charge >= 0.3 is 6.18 Å². The van der Waals surface area contributed by atoms with Gasteiger partial charge in [0.15, 0.2) is 0 Å². The van der Waals surface area contributed by atoms with E-state index in [1.165, 1.54) is 41.5 Å². The van der Waals surface area contributed by atoms with Crippen LogP contribution in [-0.2, 0) is 11.8 Å². The SMILES string of the molecule is CC(C)(C)c1cc(-c2nccc3c(-c4nc(CC(C)(C)C(F)(F)F)cs4)csc23)cc2ccccc12. The molecule has 0 aliphatic carbocycles. The predicted octanol–water partition coefficient (Wildman–Crippen LogP) is 9.67. The molecule has 0 fully saturated rings. The highest BCUT2D eigenvalue weighted by atomic mass is 32.1. The third-order valence-electron chi connectivity index (χ3n) is 6.61. The minimum atomic E-state index is -4.28. The Labute approximate surface area is 216 Å². The molecule has 2 nitrogen and oxygen atoms in total. The van der Waals surface area contributed by atoms with E-state index in [4.69, 9.17) is 4.98 Å². The Morgan fingerprint density at radius 3 is 2.33 bits per heavy atom. The second-order valence-electron chi connectivity index (χ2n) is 10.9. The summed E-state index contributed by atoms with van der Waals surface area (Å²) in [4.78, 5) is 9.36. The van der Waals surface area contributed by atoms with Crippen molar-refractivity contribution in [2.24, 2.45) is 5.41 Å². The number of hydrogen-bond donors (Lipinski definition) is 0. The van der Waals surface area contributed by atoms with Crippen molar-refractivity contribution in [3.8, 4) is 21.8 Å². The third-order valence-corrected chi connectivity index (χ3v) is 8.53. The summed E-state index contributed by atoms with van der Waals surface area (Å²) in [5, 5.41) is 7.95. The lowest BCUT2D eigenvalue weighted by atomic mass is 9.82. The molecule has 0 saturated carbocycles. The van der Waals surface area contributed by atoms with Crippen molar-refractivity contribution in [1.29, 1.82) is 0 Å². The lowest BCUT2D eigenvalue weighted by Gasteiger charge is -2.26. The minimum Gasteiger partial charge on any atom is -0.255 e. The average molecular weight is 525 g/mol. The van der Waals surface area contributed by atoms with Gasteiger partial charge in [-0.1, -0.05) is 58.9 Å². The number of alkyl halides is 3. The van der Waals surface area contributed by atoms with Gasteiger partial charge in [-0.05, 0) is 39.9 Å². The van der Waals surface area contributed by atoms with Gasteiger partial charge in [0, 0.05) is 39.9 Å². The van der Waals surface area contributed by atoms with Crippen LogP contribution in [0, 0.1) is 5.41 Å². The van der Waals surface area contributed by atoms with Crippen LogP contribution in [0.2, 0.25) is 0 Å². The molecule has 186 valence electrons. The van der Waals surface area contributed by atoms with Crippen LogP contribution in [-0.4, -0.2) is 16.1 Å². The Morgan fingerprint density at radius 2 is 1.61 bits per heavy atom. The molecule has 0 amide bonds. The highest BCUT2D eigenvalue weighted by Gasteiger charge is 2.47. The quantitative estimate of drug-likeness (QED) is 0.234. The highest BCUT2D eigenvalue weighted by molar-refractivity contribution is 7.19. The molecular formula is C29H27F3N2S2. The molecular weight excluding hydrogens is 497 g/mol. The van der Waals surface area contributed by atoms with E-state index in [1.54, 1.807) is 22.9 Å². The topological polar surface area (TPSA) is 25.8 Å². The van der Waals surface area contributed by atoms with Gasteiger partial charge in [-0.2, -0.15) is 13.2 Å². The molecule has 0 aliphatic rings. The van der Waals surface area contributed by atoms with Gasteiger partial charge in [0.1, 0.15) is 5.01 Å². The number of aromatic nitrogens is 2. The standard InChI is InChI=1S/C29H27F3N2S2/c1-27(2,3)23-13-18(12-17-8-6-7-9-20(17)23)24-25-21(10-11-33-24)22(16-35-25)26-34-19(15-36-26)14-28(4,5)29(30,31)32/h6-13,15-16H,14H2,1-5H3. The van der Waals surface area contributed by atoms with E-state index in [2.05, 4.69) is 62.2 Å². The predicted molar refractivity (Wildman–Crippen MR) is 146 cm³/mol. The van der Waals surface area contributed by atoms with Crippen LogP contribution in [0.1, 0.15) is 45.9 Å². The van der Waals surface area contributed by atoms with E-state index >= 15 is 0 Å². The molecule has 0 saturated heterocycles. The van der Waals surface area contributed by atoms with E-state index in [0.29, 0.717) is 5.69 Å². The fourth-order valence-corrected chi connectivity index (χ4v) is 6.45. The summed E-state index contributed by atoms with van der Waals surface area (Å²) in [7, 11) is 0. The first-order chi connectivity index (χ1) is 16.8. The highest BCUT2D eigenvalue weighted by Crippen LogP contribution is 2.43.